The molecule has 3 fully saturated rings. The Bertz CT molecular complexity index is 322. The maximum absolute atomic E-state index is 11.7. The number of carboxylic acids is 1. The maximum Gasteiger partial charge on any atom is 0.324 e. The van der Waals surface area contributed by atoms with E-state index in [2.05, 4.69) is 4.90 Å². The fourth-order valence-corrected chi connectivity index (χ4v) is 4.06. The van der Waals surface area contributed by atoms with Crippen LogP contribution < -0.4 is 0 Å². The van der Waals surface area contributed by atoms with Crippen molar-refractivity contribution in [3.63, 3.8) is 0 Å². The predicted octanol–water partition coefficient (Wildman–Crippen LogP) is 1.89. The van der Waals surface area contributed by atoms with Crippen LogP contribution in [0, 0.1) is 5.41 Å². The number of likely N-dealkylation sites (tertiary alicyclic amines) is 1. The van der Waals surface area contributed by atoms with Gasteiger partial charge < -0.3 is 9.84 Å². The molecule has 4 heteroatoms. The van der Waals surface area contributed by atoms with E-state index in [1.54, 1.807) is 0 Å². The van der Waals surface area contributed by atoms with Crippen LogP contribution in [0.4, 0.5) is 0 Å². The molecule has 0 amide bonds. The quantitative estimate of drug-likeness (QED) is 0.816. The summed E-state index contributed by atoms with van der Waals surface area (Å²) in [4.78, 5) is 13.9. The predicted molar refractivity (Wildman–Crippen MR) is 67.5 cm³/mol. The molecule has 0 radical (unpaired) electrons. The number of carbonyl (C=O) groups is 1. The minimum absolute atomic E-state index is 0.457. The molecule has 3 aliphatic rings. The Morgan fingerprint density at radius 2 is 1.61 bits per heavy atom. The largest absolute Gasteiger partial charge is 0.480 e. The van der Waals surface area contributed by atoms with E-state index >= 15 is 0 Å². The summed E-state index contributed by atoms with van der Waals surface area (Å²) in [5.74, 6) is -0.642. The van der Waals surface area contributed by atoms with Crippen LogP contribution in [0.15, 0.2) is 0 Å². The van der Waals surface area contributed by atoms with E-state index in [9.17, 15) is 9.90 Å². The molecule has 0 atom stereocenters. The number of hydrogen-bond acceptors (Lipinski definition) is 3. The van der Waals surface area contributed by atoms with Gasteiger partial charge in [0, 0.05) is 26.3 Å². The van der Waals surface area contributed by atoms with Crippen LogP contribution in [0.5, 0.6) is 0 Å². The van der Waals surface area contributed by atoms with Gasteiger partial charge in [0.2, 0.25) is 0 Å². The minimum Gasteiger partial charge on any atom is -0.480 e. The van der Waals surface area contributed by atoms with Crippen molar-refractivity contribution >= 4 is 5.97 Å². The van der Waals surface area contributed by atoms with Gasteiger partial charge in [-0.05, 0) is 31.1 Å². The highest BCUT2D eigenvalue weighted by molar-refractivity contribution is 5.79. The molecule has 4 nitrogen and oxygen atoms in total. The summed E-state index contributed by atoms with van der Waals surface area (Å²) in [5, 5.41) is 9.61. The molecular formula is C14H23NO3. The highest BCUT2D eigenvalue weighted by atomic mass is 16.5. The molecule has 0 bridgehead atoms. The molecule has 2 aliphatic heterocycles. The lowest BCUT2D eigenvalue weighted by molar-refractivity contribution is -0.177. The molecule has 1 spiro atoms. The molecular weight excluding hydrogens is 230 g/mol. The Balaban J connectivity index is 1.69. The normalized spacial score (nSPS) is 30.9. The first kappa shape index (κ1) is 12.4. The average molecular weight is 253 g/mol. The highest BCUT2D eigenvalue weighted by Crippen LogP contribution is 2.48. The number of carboxylic acid groups (broad SMARTS) is 1. The topological polar surface area (TPSA) is 49.8 Å². The summed E-state index contributed by atoms with van der Waals surface area (Å²) in [7, 11) is 0. The van der Waals surface area contributed by atoms with Crippen molar-refractivity contribution in [2.24, 2.45) is 5.41 Å². The van der Waals surface area contributed by atoms with Crippen molar-refractivity contribution < 1.29 is 14.6 Å². The van der Waals surface area contributed by atoms with Crippen molar-refractivity contribution in [3.05, 3.63) is 0 Å². The third kappa shape index (κ3) is 1.86. The van der Waals surface area contributed by atoms with E-state index in [4.69, 9.17) is 4.74 Å². The molecule has 2 saturated heterocycles. The molecule has 0 aromatic rings. The van der Waals surface area contributed by atoms with Crippen LogP contribution in [0.1, 0.15) is 44.9 Å². The molecule has 102 valence electrons. The SMILES string of the molecule is O=C(O)C1(N2CC3(CCCCC3)C2)CCOCC1. The van der Waals surface area contributed by atoms with Crippen LogP contribution in [0.2, 0.25) is 0 Å². The summed E-state index contributed by atoms with van der Waals surface area (Å²) < 4.78 is 5.34. The standard InChI is InChI=1S/C14H23NO3/c16-12(17)14(6-8-18-9-7-14)15-10-13(11-15)4-2-1-3-5-13/h1-11H2,(H,16,17). The monoisotopic (exact) mass is 253 g/mol. The van der Waals surface area contributed by atoms with Crippen molar-refractivity contribution in [3.8, 4) is 0 Å². The Hall–Kier alpha value is -0.610. The van der Waals surface area contributed by atoms with Gasteiger partial charge in [0.1, 0.15) is 5.54 Å². The third-order valence-corrected chi connectivity index (χ3v) is 5.29. The van der Waals surface area contributed by atoms with Gasteiger partial charge in [0.25, 0.3) is 0 Å². The van der Waals surface area contributed by atoms with E-state index < -0.39 is 11.5 Å². The molecule has 0 aromatic carbocycles. The summed E-state index contributed by atoms with van der Waals surface area (Å²) in [5.41, 5.74) is -0.167. The van der Waals surface area contributed by atoms with Crippen LogP contribution in [0.3, 0.4) is 0 Å². The van der Waals surface area contributed by atoms with E-state index in [1.807, 2.05) is 0 Å². The number of hydrogen-bond donors (Lipinski definition) is 1. The Morgan fingerprint density at radius 3 is 2.17 bits per heavy atom. The zero-order valence-electron chi connectivity index (χ0n) is 11.0. The molecule has 1 aliphatic carbocycles. The van der Waals surface area contributed by atoms with Gasteiger partial charge in [-0.1, -0.05) is 19.3 Å². The van der Waals surface area contributed by atoms with Crippen molar-refractivity contribution in [2.45, 2.75) is 50.5 Å². The second-order valence-corrected chi connectivity index (χ2v) is 6.37. The Morgan fingerprint density at radius 1 is 1.00 bits per heavy atom. The minimum atomic E-state index is -0.642. The fraction of sp³-hybridized carbons (Fsp3) is 0.929. The summed E-state index contributed by atoms with van der Waals surface area (Å²) >= 11 is 0. The fourth-order valence-electron chi connectivity index (χ4n) is 4.06. The van der Waals surface area contributed by atoms with Crippen LogP contribution in [-0.2, 0) is 9.53 Å². The van der Waals surface area contributed by atoms with Crippen molar-refractivity contribution in [1.29, 1.82) is 0 Å². The molecule has 18 heavy (non-hydrogen) atoms. The second-order valence-electron chi connectivity index (χ2n) is 6.37. The van der Waals surface area contributed by atoms with Gasteiger partial charge in [-0.3, -0.25) is 9.69 Å². The Kier molecular flexibility index (Phi) is 3.10. The molecule has 0 unspecified atom stereocenters. The molecule has 1 N–H and O–H groups in total. The average Bonchev–Trinajstić information content (AvgIpc) is 2.37. The lowest BCUT2D eigenvalue weighted by Gasteiger charge is -2.59. The van der Waals surface area contributed by atoms with E-state index in [1.165, 1.54) is 32.1 Å². The van der Waals surface area contributed by atoms with E-state index in [0.29, 0.717) is 31.5 Å². The summed E-state index contributed by atoms with van der Waals surface area (Å²) in [6.07, 6.45) is 7.93. The summed E-state index contributed by atoms with van der Waals surface area (Å²) in [6.45, 7) is 3.18. The van der Waals surface area contributed by atoms with Crippen LogP contribution >= 0.6 is 0 Å². The first-order valence-electron chi connectivity index (χ1n) is 7.23. The zero-order chi connectivity index (χ0) is 12.6. The molecule has 0 aromatic heterocycles. The Labute approximate surface area is 108 Å². The smallest absolute Gasteiger partial charge is 0.324 e. The van der Waals surface area contributed by atoms with Crippen molar-refractivity contribution in [2.75, 3.05) is 26.3 Å². The van der Waals surface area contributed by atoms with Gasteiger partial charge in [0.15, 0.2) is 0 Å². The lowest BCUT2D eigenvalue weighted by Crippen LogP contribution is -2.69. The van der Waals surface area contributed by atoms with Crippen LogP contribution in [0.25, 0.3) is 0 Å². The number of rotatable bonds is 2. The van der Waals surface area contributed by atoms with Gasteiger partial charge in [0.05, 0.1) is 0 Å². The molecule has 1 saturated carbocycles. The highest BCUT2D eigenvalue weighted by Gasteiger charge is 2.55. The van der Waals surface area contributed by atoms with E-state index in [-0.39, 0.29) is 0 Å². The van der Waals surface area contributed by atoms with E-state index in [0.717, 1.165) is 13.1 Å². The van der Waals surface area contributed by atoms with Crippen molar-refractivity contribution in [1.82, 2.24) is 4.90 Å². The van der Waals surface area contributed by atoms with Gasteiger partial charge in [-0.2, -0.15) is 0 Å². The van der Waals surface area contributed by atoms with Gasteiger partial charge in [-0.25, -0.2) is 0 Å². The molecule has 2 heterocycles. The third-order valence-electron chi connectivity index (χ3n) is 5.29. The number of aliphatic carboxylic acids is 1. The van der Waals surface area contributed by atoms with Crippen LogP contribution in [-0.4, -0.2) is 47.8 Å². The van der Waals surface area contributed by atoms with Gasteiger partial charge in [-0.15, -0.1) is 0 Å². The number of ether oxygens (including phenoxy) is 1. The first-order chi connectivity index (χ1) is 8.67. The van der Waals surface area contributed by atoms with Gasteiger partial charge >= 0.3 is 5.97 Å². The number of nitrogens with zero attached hydrogens (tertiary/aromatic N) is 1. The zero-order valence-corrected chi connectivity index (χ0v) is 11.0. The summed E-state index contributed by atoms with van der Waals surface area (Å²) in [6, 6.07) is 0. The maximum atomic E-state index is 11.7. The molecule has 3 rings (SSSR count). The second kappa shape index (κ2) is 4.49. The first-order valence-corrected chi connectivity index (χ1v) is 7.23. The lowest BCUT2D eigenvalue weighted by atomic mass is 9.66.